The van der Waals surface area contributed by atoms with E-state index in [0.29, 0.717) is 25.7 Å². The summed E-state index contributed by atoms with van der Waals surface area (Å²) < 4.78 is 0. The first kappa shape index (κ1) is 19.7. The maximum absolute atomic E-state index is 11.8. The minimum Gasteiger partial charge on any atom is -0.481 e. The Bertz CT molecular complexity index is 550. The Hall–Kier alpha value is -2.39. The van der Waals surface area contributed by atoms with E-state index >= 15 is 0 Å². The molecule has 0 aromatic heterocycles. The highest BCUT2D eigenvalue weighted by Gasteiger charge is 2.49. The van der Waals surface area contributed by atoms with Gasteiger partial charge in [-0.1, -0.05) is 6.42 Å². The molecule has 1 saturated carbocycles. The normalized spacial score (nSPS) is 25.7. The van der Waals surface area contributed by atoms with Crippen LogP contribution in [0.5, 0.6) is 0 Å². The summed E-state index contributed by atoms with van der Waals surface area (Å²) >= 11 is 0. The SMILES string of the molecule is O=C=NCCC1CCCC(C(=O)O)C1(CCN=C=O)CCN=C=O. The van der Waals surface area contributed by atoms with Gasteiger partial charge < -0.3 is 5.11 Å². The highest BCUT2D eigenvalue weighted by molar-refractivity contribution is 5.71. The van der Waals surface area contributed by atoms with E-state index in [9.17, 15) is 24.3 Å². The second-order valence-electron chi connectivity index (χ2n) is 5.96. The molecule has 0 aliphatic heterocycles. The summed E-state index contributed by atoms with van der Waals surface area (Å²) in [5.41, 5.74) is -0.650. The molecule has 130 valence electrons. The van der Waals surface area contributed by atoms with Crippen molar-refractivity contribution in [1.82, 2.24) is 0 Å². The molecule has 24 heavy (non-hydrogen) atoms. The van der Waals surface area contributed by atoms with Crippen LogP contribution in [0.15, 0.2) is 15.0 Å². The van der Waals surface area contributed by atoms with E-state index in [1.807, 2.05) is 0 Å². The number of carbonyl (C=O) groups excluding carboxylic acids is 3. The summed E-state index contributed by atoms with van der Waals surface area (Å²) in [5.74, 6) is -1.52. The fraction of sp³-hybridized carbons (Fsp3) is 0.750. The van der Waals surface area contributed by atoms with Crippen molar-refractivity contribution in [2.75, 3.05) is 19.6 Å². The summed E-state index contributed by atoms with van der Waals surface area (Å²) in [4.78, 5) is 53.6. The molecular formula is C16H21N3O5. The molecule has 1 aliphatic rings. The Kier molecular flexibility index (Phi) is 8.52. The Morgan fingerprint density at radius 3 is 2.00 bits per heavy atom. The second-order valence-corrected chi connectivity index (χ2v) is 5.96. The van der Waals surface area contributed by atoms with E-state index < -0.39 is 17.3 Å². The van der Waals surface area contributed by atoms with E-state index in [2.05, 4.69) is 15.0 Å². The predicted octanol–water partition coefficient (Wildman–Crippen LogP) is 1.65. The Balaban J connectivity index is 3.16. The highest BCUT2D eigenvalue weighted by atomic mass is 16.4. The lowest BCUT2D eigenvalue weighted by Gasteiger charge is -2.48. The van der Waals surface area contributed by atoms with Crippen molar-refractivity contribution in [1.29, 1.82) is 0 Å². The van der Waals surface area contributed by atoms with Crippen LogP contribution < -0.4 is 0 Å². The van der Waals surface area contributed by atoms with Crippen LogP contribution in [-0.2, 0) is 19.2 Å². The number of carboxylic acid groups (broad SMARTS) is 1. The fourth-order valence-corrected chi connectivity index (χ4v) is 4.00. The molecule has 2 atom stereocenters. The van der Waals surface area contributed by atoms with Gasteiger partial charge in [-0.15, -0.1) is 0 Å². The lowest BCUT2D eigenvalue weighted by molar-refractivity contribution is -0.152. The molecule has 0 spiro atoms. The van der Waals surface area contributed by atoms with E-state index in [4.69, 9.17) is 0 Å². The summed E-state index contributed by atoms with van der Waals surface area (Å²) in [6.45, 7) is 0.618. The molecule has 2 unspecified atom stereocenters. The number of isocyanates is 3. The van der Waals surface area contributed by atoms with Crippen LogP contribution >= 0.6 is 0 Å². The van der Waals surface area contributed by atoms with Gasteiger partial charge >= 0.3 is 5.97 Å². The molecule has 0 radical (unpaired) electrons. The van der Waals surface area contributed by atoms with Gasteiger partial charge in [0.05, 0.1) is 25.6 Å². The molecule has 8 nitrogen and oxygen atoms in total. The van der Waals surface area contributed by atoms with Crippen molar-refractivity contribution in [3.05, 3.63) is 0 Å². The first-order valence-corrected chi connectivity index (χ1v) is 7.96. The lowest BCUT2D eigenvalue weighted by Crippen LogP contribution is -2.46. The third-order valence-electron chi connectivity index (χ3n) is 5.01. The molecule has 0 aromatic rings. The molecule has 1 N–H and O–H groups in total. The van der Waals surface area contributed by atoms with Crippen molar-refractivity contribution in [3.63, 3.8) is 0 Å². The van der Waals surface area contributed by atoms with E-state index in [1.54, 1.807) is 0 Å². The van der Waals surface area contributed by atoms with Gasteiger partial charge in [-0.05, 0) is 43.4 Å². The van der Waals surface area contributed by atoms with Gasteiger partial charge in [0.25, 0.3) is 0 Å². The standard InChI is InChI=1S/C16H21N3O5/c20-10-17-7-4-13-2-1-3-14(15(23)24)16(13,5-8-18-11-21)6-9-19-12-22/h13-14H,1-9H2,(H,23,24). The Morgan fingerprint density at radius 1 is 0.958 bits per heavy atom. The van der Waals surface area contributed by atoms with Crippen molar-refractivity contribution in [2.24, 2.45) is 32.2 Å². The van der Waals surface area contributed by atoms with Gasteiger partial charge in [-0.2, -0.15) is 0 Å². The molecule has 0 aromatic carbocycles. The smallest absolute Gasteiger partial charge is 0.307 e. The van der Waals surface area contributed by atoms with Crippen LogP contribution in [0, 0.1) is 17.3 Å². The van der Waals surface area contributed by atoms with Gasteiger partial charge in [-0.25, -0.2) is 29.4 Å². The first-order chi connectivity index (χ1) is 11.6. The Labute approximate surface area is 139 Å². The monoisotopic (exact) mass is 335 g/mol. The van der Waals surface area contributed by atoms with Crippen LogP contribution in [0.1, 0.15) is 38.5 Å². The van der Waals surface area contributed by atoms with Crippen molar-refractivity contribution in [2.45, 2.75) is 38.5 Å². The molecule has 1 rings (SSSR count). The average Bonchev–Trinajstić information content (AvgIpc) is 2.56. The largest absolute Gasteiger partial charge is 0.481 e. The molecule has 0 amide bonds. The zero-order chi connectivity index (χ0) is 17.8. The maximum Gasteiger partial charge on any atom is 0.307 e. The van der Waals surface area contributed by atoms with E-state index in [0.717, 1.165) is 12.8 Å². The number of hydrogen-bond donors (Lipinski definition) is 1. The minimum absolute atomic E-state index is 0.00634. The number of carbonyl (C=O) groups is 1. The van der Waals surface area contributed by atoms with Crippen LogP contribution in [0.3, 0.4) is 0 Å². The van der Waals surface area contributed by atoms with E-state index in [1.165, 1.54) is 18.2 Å². The number of aliphatic imine (C=N–C) groups is 3. The van der Waals surface area contributed by atoms with Crippen molar-refractivity contribution >= 4 is 24.2 Å². The Morgan fingerprint density at radius 2 is 1.50 bits per heavy atom. The van der Waals surface area contributed by atoms with Crippen LogP contribution in [0.25, 0.3) is 0 Å². The molecular weight excluding hydrogens is 314 g/mol. The van der Waals surface area contributed by atoms with Gasteiger partial charge in [0, 0.05) is 0 Å². The zero-order valence-electron chi connectivity index (χ0n) is 13.4. The summed E-state index contributed by atoms with van der Waals surface area (Å²) in [5, 5.41) is 9.67. The number of nitrogens with zero attached hydrogens (tertiary/aromatic N) is 3. The van der Waals surface area contributed by atoms with Crippen LogP contribution in [0.2, 0.25) is 0 Å². The third kappa shape index (κ3) is 5.07. The van der Waals surface area contributed by atoms with Gasteiger partial charge in [0.15, 0.2) is 0 Å². The first-order valence-electron chi connectivity index (χ1n) is 7.96. The molecule has 1 fully saturated rings. The molecule has 1 aliphatic carbocycles. The topological polar surface area (TPSA) is 126 Å². The number of aliphatic carboxylic acids is 1. The molecule has 0 bridgehead atoms. The van der Waals surface area contributed by atoms with Gasteiger partial charge in [0.1, 0.15) is 0 Å². The summed E-state index contributed by atoms with van der Waals surface area (Å²) in [6.07, 6.45) is 7.87. The molecule has 8 heteroatoms. The summed E-state index contributed by atoms with van der Waals surface area (Å²) in [6, 6.07) is 0. The average molecular weight is 335 g/mol. The van der Waals surface area contributed by atoms with Crippen LogP contribution in [0.4, 0.5) is 0 Å². The molecule has 0 heterocycles. The number of hydrogen-bond acceptors (Lipinski definition) is 7. The maximum atomic E-state index is 11.8. The number of rotatable bonds is 10. The van der Waals surface area contributed by atoms with E-state index in [-0.39, 0.29) is 25.6 Å². The highest BCUT2D eigenvalue weighted by Crippen LogP contribution is 2.52. The zero-order valence-corrected chi connectivity index (χ0v) is 13.4. The van der Waals surface area contributed by atoms with Crippen LogP contribution in [-0.4, -0.2) is 48.9 Å². The second kappa shape index (κ2) is 10.4. The van der Waals surface area contributed by atoms with Gasteiger partial charge in [0.2, 0.25) is 18.2 Å². The molecule has 0 saturated heterocycles. The third-order valence-corrected chi connectivity index (χ3v) is 5.01. The minimum atomic E-state index is -0.899. The van der Waals surface area contributed by atoms with Gasteiger partial charge in [-0.3, -0.25) is 4.79 Å². The predicted molar refractivity (Wildman–Crippen MR) is 83.7 cm³/mol. The van der Waals surface area contributed by atoms with Crippen molar-refractivity contribution < 1.29 is 24.3 Å². The number of carboxylic acids is 1. The fourth-order valence-electron chi connectivity index (χ4n) is 4.00. The summed E-state index contributed by atoms with van der Waals surface area (Å²) in [7, 11) is 0. The lowest BCUT2D eigenvalue weighted by atomic mass is 9.56. The van der Waals surface area contributed by atoms with Crippen molar-refractivity contribution in [3.8, 4) is 0 Å². The quantitative estimate of drug-likeness (QED) is 0.480.